The van der Waals surface area contributed by atoms with Gasteiger partial charge in [0.15, 0.2) is 0 Å². The third kappa shape index (κ3) is 5.27. The molecule has 0 aliphatic heterocycles. The first kappa shape index (κ1) is 18.9. The van der Waals surface area contributed by atoms with Crippen molar-refractivity contribution in [3.8, 4) is 0 Å². The number of sulfonamides is 1. The summed E-state index contributed by atoms with van der Waals surface area (Å²) in [5.74, 6) is -0.338. The number of benzene rings is 1. The smallest absolute Gasteiger partial charge is 0.253 e. The summed E-state index contributed by atoms with van der Waals surface area (Å²) in [6, 6.07) is 9.77. The largest absolute Gasteiger partial charge is 0.352 e. The lowest BCUT2D eigenvalue weighted by atomic mass is 10.1. The summed E-state index contributed by atoms with van der Waals surface area (Å²) in [7, 11) is -3.63. The van der Waals surface area contributed by atoms with E-state index in [-0.39, 0.29) is 35.9 Å². The van der Waals surface area contributed by atoms with E-state index in [4.69, 9.17) is 0 Å². The molecule has 2 aromatic rings. The number of aromatic nitrogens is 1. The van der Waals surface area contributed by atoms with Gasteiger partial charge in [-0.2, -0.15) is 0 Å². The standard InChI is InChI=1S/C17H21N3O4S/c1-12-10-13(2)20-17(22)15(12)11-18-16(21)8-9-19-25(23,24)14-6-4-3-5-7-14/h3-7,10,19H,8-9,11H2,1-2H3,(H,18,21)(H,20,22). The molecule has 25 heavy (non-hydrogen) atoms. The third-order valence-corrected chi connectivity index (χ3v) is 5.13. The van der Waals surface area contributed by atoms with Crippen molar-refractivity contribution in [3.05, 3.63) is 63.6 Å². The Morgan fingerprint density at radius 2 is 1.84 bits per heavy atom. The number of hydrogen-bond acceptors (Lipinski definition) is 4. The number of H-pyrrole nitrogens is 1. The van der Waals surface area contributed by atoms with Crippen LogP contribution in [-0.2, 0) is 21.4 Å². The Hall–Kier alpha value is -2.45. The molecule has 8 heteroatoms. The lowest BCUT2D eigenvalue weighted by Gasteiger charge is -2.09. The number of aryl methyl sites for hydroxylation is 2. The Kier molecular flexibility index (Phi) is 6.11. The van der Waals surface area contributed by atoms with E-state index in [0.29, 0.717) is 5.56 Å². The van der Waals surface area contributed by atoms with Crippen molar-refractivity contribution in [1.82, 2.24) is 15.0 Å². The number of carbonyl (C=O) groups is 1. The molecular formula is C17H21N3O4S. The molecule has 1 aromatic carbocycles. The van der Waals surface area contributed by atoms with Gasteiger partial charge in [0.1, 0.15) is 0 Å². The number of carbonyl (C=O) groups excluding carboxylic acids is 1. The Bertz CT molecular complexity index is 905. The summed E-state index contributed by atoms with van der Waals surface area (Å²) in [5, 5.41) is 2.63. The maximum absolute atomic E-state index is 12.0. The van der Waals surface area contributed by atoms with E-state index in [2.05, 4.69) is 15.0 Å². The molecule has 0 aliphatic carbocycles. The first-order valence-electron chi connectivity index (χ1n) is 7.80. The molecule has 0 radical (unpaired) electrons. The normalized spacial score (nSPS) is 11.3. The van der Waals surface area contributed by atoms with Gasteiger partial charge in [0.25, 0.3) is 5.56 Å². The lowest BCUT2D eigenvalue weighted by molar-refractivity contribution is -0.121. The fraction of sp³-hybridized carbons (Fsp3) is 0.294. The van der Waals surface area contributed by atoms with Crippen LogP contribution in [0, 0.1) is 13.8 Å². The second-order valence-corrected chi connectivity index (χ2v) is 7.45. The average molecular weight is 363 g/mol. The third-order valence-electron chi connectivity index (χ3n) is 3.65. The highest BCUT2D eigenvalue weighted by atomic mass is 32.2. The van der Waals surface area contributed by atoms with Gasteiger partial charge in [-0.05, 0) is 37.6 Å². The van der Waals surface area contributed by atoms with Crippen LogP contribution in [-0.4, -0.2) is 25.9 Å². The van der Waals surface area contributed by atoms with Crippen LogP contribution in [0.1, 0.15) is 23.2 Å². The molecule has 1 heterocycles. The minimum atomic E-state index is -3.63. The zero-order valence-corrected chi connectivity index (χ0v) is 14.9. The number of rotatable bonds is 7. The minimum absolute atomic E-state index is 0.0190. The van der Waals surface area contributed by atoms with Crippen LogP contribution in [0.5, 0.6) is 0 Å². The zero-order chi connectivity index (χ0) is 18.4. The van der Waals surface area contributed by atoms with E-state index >= 15 is 0 Å². The Balaban J connectivity index is 1.85. The summed E-state index contributed by atoms with van der Waals surface area (Å²) < 4.78 is 26.4. The highest BCUT2D eigenvalue weighted by Crippen LogP contribution is 2.07. The quantitative estimate of drug-likeness (QED) is 0.681. The predicted octanol–water partition coefficient (Wildman–Crippen LogP) is 0.977. The van der Waals surface area contributed by atoms with E-state index in [1.165, 1.54) is 12.1 Å². The molecular weight excluding hydrogens is 342 g/mol. The van der Waals surface area contributed by atoms with Crippen LogP contribution in [0.2, 0.25) is 0 Å². The Morgan fingerprint density at radius 3 is 2.48 bits per heavy atom. The molecule has 3 N–H and O–H groups in total. The van der Waals surface area contributed by atoms with Crippen molar-refractivity contribution in [2.75, 3.05) is 6.54 Å². The van der Waals surface area contributed by atoms with Gasteiger partial charge >= 0.3 is 0 Å². The Labute approximate surface area is 146 Å². The number of aromatic amines is 1. The molecule has 2 rings (SSSR count). The number of pyridine rings is 1. The molecule has 0 saturated heterocycles. The summed E-state index contributed by atoms with van der Waals surface area (Å²) in [5.41, 5.74) is 1.81. The molecule has 0 fully saturated rings. The van der Waals surface area contributed by atoms with Crippen molar-refractivity contribution in [1.29, 1.82) is 0 Å². The first-order valence-corrected chi connectivity index (χ1v) is 9.29. The molecule has 0 aliphatic rings. The molecule has 0 unspecified atom stereocenters. The van der Waals surface area contributed by atoms with Gasteiger partial charge in [-0.1, -0.05) is 18.2 Å². The van der Waals surface area contributed by atoms with Gasteiger partial charge in [0, 0.05) is 30.8 Å². The van der Waals surface area contributed by atoms with E-state index in [1.807, 2.05) is 6.07 Å². The Morgan fingerprint density at radius 1 is 1.16 bits per heavy atom. The average Bonchev–Trinajstić information content (AvgIpc) is 2.54. The number of hydrogen-bond donors (Lipinski definition) is 3. The molecule has 0 atom stereocenters. The second-order valence-electron chi connectivity index (χ2n) is 5.68. The minimum Gasteiger partial charge on any atom is -0.352 e. The highest BCUT2D eigenvalue weighted by Gasteiger charge is 2.13. The summed E-state index contributed by atoms with van der Waals surface area (Å²) in [6.45, 7) is 3.67. The van der Waals surface area contributed by atoms with Crippen molar-refractivity contribution in [2.45, 2.75) is 31.7 Å². The van der Waals surface area contributed by atoms with Crippen LogP contribution in [0.4, 0.5) is 0 Å². The van der Waals surface area contributed by atoms with Crippen molar-refractivity contribution in [2.24, 2.45) is 0 Å². The topological polar surface area (TPSA) is 108 Å². The van der Waals surface area contributed by atoms with E-state index in [1.54, 1.807) is 32.0 Å². The van der Waals surface area contributed by atoms with E-state index in [9.17, 15) is 18.0 Å². The molecule has 134 valence electrons. The van der Waals surface area contributed by atoms with Crippen molar-refractivity contribution >= 4 is 15.9 Å². The second kappa shape index (κ2) is 8.09. The molecule has 0 saturated carbocycles. The molecule has 0 spiro atoms. The first-order chi connectivity index (χ1) is 11.8. The van der Waals surface area contributed by atoms with Crippen LogP contribution >= 0.6 is 0 Å². The number of amides is 1. The predicted molar refractivity (Wildman–Crippen MR) is 94.6 cm³/mol. The van der Waals surface area contributed by atoms with Crippen molar-refractivity contribution < 1.29 is 13.2 Å². The monoisotopic (exact) mass is 363 g/mol. The van der Waals surface area contributed by atoms with Crippen LogP contribution in [0.15, 0.2) is 46.1 Å². The fourth-order valence-corrected chi connectivity index (χ4v) is 3.41. The SMILES string of the molecule is Cc1cc(C)c(CNC(=O)CCNS(=O)(=O)c2ccccc2)c(=O)[nH]1. The maximum atomic E-state index is 12.0. The molecule has 0 bridgehead atoms. The van der Waals surface area contributed by atoms with E-state index in [0.717, 1.165) is 11.3 Å². The van der Waals surface area contributed by atoms with Crippen LogP contribution < -0.4 is 15.6 Å². The van der Waals surface area contributed by atoms with Gasteiger partial charge in [-0.15, -0.1) is 0 Å². The van der Waals surface area contributed by atoms with Crippen molar-refractivity contribution in [3.63, 3.8) is 0 Å². The maximum Gasteiger partial charge on any atom is 0.253 e. The lowest BCUT2D eigenvalue weighted by Crippen LogP contribution is -2.32. The van der Waals surface area contributed by atoms with Gasteiger partial charge in [0.05, 0.1) is 4.90 Å². The molecule has 7 nitrogen and oxygen atoms in total. The van der Waals surface area contributed by atoms with Gasteiger partial charge in [-0.3, -0.25) is 9.59 Å². The summed E-state index contributed by atoms with van der Waals surface area (Å²) in [4.78, 5) is 26.6. The zero-order valence-electron chi connectivity index (χ0n) is 14.1. The summed E-state index contributed by atoms with van der Waals surface area (Å²) >= 11 is 0. The van der Waals surface area contributed by atoms with E-state index < -0.39 is 10.0 Å². The van der Waals surface area contributed by atoms with Gasteiger partial charge < -0.3 is 10.3 Å². The highest BCUT2D eigenvalue weighted by molar-refractivity contribution is 7.89. The van der Waals surface area contributed by atoms with Gasteiger partial charge in [-0.25, -0.2) is 13.1 Å². The molecule has 1 amide bonds. The summed E-state index contributed by atoms with van der Waals surface area (Å²) in [6.07, 6.45) is -0.0190. The fourth-order valence-electron chi connectivity index (χ4n) is 2.36. The van der Waals surface area contributed by atoms with Crippen LogP contribution in [0.25, 0.3) is 0 Å². The van der Waals surface area contributed by atoms with Gasteiger partial charge in [0.2, 0.25) is 15.9 Å². The molecule has 1 aromatic heterocycles. The number of nitrogens with one attached hydrogen (secondary N) is 3. The van der Waals surface area contributed by atoms with Crippen LogP contribution in [0.3, 0.4) is 0 Å².